The second-order valence-corrected chi connectivity index (χ2v) is 11.2. The largest absolute Gasteiger partial charge is 0.312 e. The molecule has 0 atom stereocenters. The van der Waals surface area contributed by atoms with Crippen molar-refractivity contribution in [1.29, 1.82) is 0 Å². The zero-order valence-electron chi connectivity index (χ0n) is 24.1. The molecule has 0 bridgehead atoms. The Morgan fingerprint density at radius 3 is 1.24 bits per heavy atom. The molecule has 0 amide bonds. The van der Waals surface area contributed by atoms with Crippen molar-refractivity contribution in [1.82, 2.24) is 0 Å². The third kappa shape index (κ3) is 12.3. The molecule has 1 heteroatoms. The summed E-state index contributed by atoms with van der Waals surface area (Å²) in [5, 5.41) is 0. The molecule has 3 aromatic rings. The first-order chi connectivity index (χ1) is 18.8. The Morgan fingerprint density at radius 2 is 0.816 bits per heavy atom. The minimum absolute atomic E-state index is 1.08. The van der Waals surface area contributed by atoms with Crippen molar-refractivity contribution in [3.63, 3.8) is 0 Å². The number of rotatable bonds is 20. The SMILES string of the molecule is CCCCC/C=C/CCCCCCCCC[N+](Cc1ccccc1)(Cc1ccccc1)Cc1ccccc1. The van der Waals surface area contributed by atoms with E-state index in [9.17, 15) is 0 Å². The van der Waals surface area contributed by atoms with Gasteiger partial charge < -0.3 is 4.48 Å². The van der Waals surface area contributed by atoms with Crippen LogP contribution in [0, 0.1) is 0 Å². The van der Waals surface area contributed by atoms with E-state index in [1.165, 1.54) is 100 Å². The summed E-state index contributed by atoms with van der Waals surface area (Å²) >= 11 is 0. The molecule has 0 fully saturated rings. The summed E-state index contributed by atoms with van der Waals surface area (Å²) in [7, 11) is 0. The van der Waals surface area contributed by atoms with Crippen LogP contribution in [0.4, 0.5) is 0 Å². The van der Waals surface area contributed by atoms with Crippen LogP contribution < -0.4 is 0 Å². The van der Waals surface area contributed by atoms with Crippen LogP contribution in [0.25, 0.3) is 0 Å². The lowest BCUT2D eigenvalue weighted by molar-refractivity contribution is -0.966. The zero-order valence-corrected chi connectivity index (χ0v) is 24.1. The van der Waals surface area contributed by atoms with Gasteiger partial charge >= 0.3 is 0 Å². The summed E-state index contributed by atoms with van der Waals surface area (Å²) in [6.45, 7) is 6.74. The molecular weight excluding hydrogens is 458 g/mol. The summed E-state index contributed by atoms with van der Waals surface area (Å²) in [4.78, 5) is 0. The first kappa shape index (κ1) is 29.9. The molecular formula is C37H52N+. The molecule has 0 saturated carbocycles. The molecule has 0 saturated heterocycles. The molecule has 3 aromatic carbocycles. The van der Waals surface area contributed by atoms with Crippen LogP contribution in [0.2, 0.25) is 0 Å². The Bertz CT molecular complexity index is 876. The standard InChI is InChI=1S/C37H52N/c1-2-3-4-5-6-7-8-9-10-11-12-13-14-24-31-38(32-35-25-18-15-19-26-35,33-36-27-20-16-21-28-36)34-37-29-22-17-23-30-37/h6-7,15-23,25-30H,2-5,8-14,24,31-34H2,1H3/q+1/b7-6+. The highest BCUT2D eigenvalue weighted by molar-refractivity contribution is 5.17. The predicted molar refractivity (Wildman–Crippen MR) is 166 cm³/mol. The predicted octanol–water partition coefficient (Wildman–Crippen LogP) is 10.7. The van der Waals surface area contributed by atoms with Gasteiger partial charge in [0.2, 0.25) is 0 Å². The molecule has 3 rings (SSSR count). The van der Waals surface area contributed by atoms with E-state index >= 15 is 0 Å². The van der Waals surface area contributed by atoms with Gasteiger partial charge in [0.25, 0.3) is 0 Å². The van der Waals surface area contributed by atoms with Gasteiger partial charge in [-0.15, -0.1) is 0 Å². The summed E-state index contributed by atoms with van der Waals surface area (Å²) in [5.41, 5.74) is 4.33. The fourth-order valence-corrected chi connectivity index (χ4v) is 5.66. The van der Waals surface area contributed by atoms with E-state index in [-0.39, 0.29) is 0 Å². The Balaban J connectivity index is 1.51. The van der Waals surface area contributed by atoms with Gasteiger partial charge in [0.15, 0.2) is 0 Å². The van der Waals surface area contributed by atoms with Crippen molar-refractivity contribution >= 4 is 0 Å². The summed E-state index contributed by atoms with van der Waals surface area (Å²) in [6, 6.07) is 33.4. The maximum atomic E-state index is 2.42. The average molecular weight is 511 g/mol. The molecule has 1 nitrogen and oxygen atoms in total. The van der Waals surface area contributed by atoms with Crippen molar-refractivity contribution in [2.24, 2.45) is 0 Å². The minimum atomic E-state index is 1.08. The van der Waals surface area contributed by atoms with Crippen molar-refractivity contribution in [3.05, 3.63) is 120 Å². The van der Waals surface area contributed by atoms with Crippen LogP contribution in [-0.2, 0) is 19.6 Å². The van der Waals surface area contributed by atoms with Crippen molar-refractivity contribution in [2.45, 2.75) is 104 Å². The van der Waals surface area contributed by atoms with Gasteiger partial charge in [-0.2, -0.15) is 0 Å². The fourth-order valence-electron chi connectivity index (χ4n) is 5.66. The molecule has 0 aromatic heterocycles. The van der Waals surface area contributed by atoms with Crippen molar-refractivity contribution in [2.75, 3.05) is 6.54 Å². The van der Waals surface area contributed by atoms with Crippen LogP contribution in [-0.4, -0.2) is 11.0 Å². The Labute approximate surface area is 234 Å². The maximum absolute atomic E-state index is 2.42. The number of quaternary nitrogens is 1. The Morgan fingerprint density at radius 1 is 0.447 bits per heavy atom. The minimum Gasteiger partial charge on any atom is -0.312 e. The molecule has 0 heterocycles. The van der Waals surface area contributed by atoms with Crippen LogP contribution in [0.1, 0.15) is 101 Å². The van der Waals surface area contributed by atoms with E-state index in [0.29, 0.717) is 0 Å². The molecule has 0 unspecified atom stereocenters. The zero-order chi connectivity index (χ0) is 26.6. The monoisotopic (exact) mass is 510 g/mol. The van der Waals surface area contributed by atoms with E-state index in [1.54, 1.807) is 0 Å². The van der Waals surface area contributed by atoms with Gasteiger partial charge in [0, 0.05) is 16.7 Å². The molecule has 204 valence electrons. The van der Waals surface area contributed by atoms with E-state index in [1.807, 2.05) is 0 Å². The van der Waals surface area contributed by atoms with Crippen molar-refractivity contribution < 1.29 is 4.48 Å². The molecule has 0 aliphatic heterocycles. The smallest absolute Gasteiger partial charge is 0.105 e. The second-order valence-electron chi connectivity index (χ2n) is 11.2. The Hall–Kier alpha value is -2.64. The van der Waals surface area contributed by atoms with Gasteiger partial charge in [-0.3, -0.25) is 0 Å². The first-order valence-electron chi connectivity index (χ1n) is 15.4. The molecule has 38 heavy (non-hydrogen) atoms. The topological polar surface area (TPSA) is 0 Å². The summed E-state index contributed by atoms with van der Waals surface area (Å²) in [6.07, 6.45) is 20.9. The third-order valence-corrected chi connectivity index (χ3v) is 7.73. The average Bonchev–Trinajstić information content (AvgIpc) is 2.95. The summed E-state index contributed by atoms with van der Waals surface area (Å²) in [5.74, 6) is 0. The number of unbranched alkanes of at least 4 members (excludes halogenated alkanes) is 10. The molecule has 0 N–H and O–H groups in total. The highest BCUT2D eigenvalue weighted by atomic mass is 15.3. The van der Waals surface area contributed by atoms with Gasteiger partial charge in [-0.05, 0) is 38.5 Å². The van der Waals surface area contributed by atoms with Crippen LogP contribution in [0.15, 0.2) is 103 Å². The van der Waals surface area contributed by atoms with Gasteiger partial charge in [-0.25, -0.2) is 0 Å². The number of hydrogen-bond donors (Lipinski definition) is 0. The van der Waals surface area contributed by atoms with Crippen molar-refractivity contribution in [3.8, 4) is 0 Å². The highest BCUT2D eigenvalue weighted by Crippen LogP contribution is 2.26. The highest BCUT2D eigenvalue weighted by Gasteiger charge is 2.28. The number of hydrogen-bond acceptors (Lipinski definition) is 0. The Kier molecular flexibility index (Phi) is 14.6. The third-order valence-electron chi connectivity index (χ3n) is 7.73. The molecule has 0 radical (unpaired) electrons. The number of allylic oxidation sites excluding steroid dienone is 2. The fraction of sp³-hybridized carbons (Fsp3) is 0.459. The second kappa shape index (κ2) is 18.6. The lowest BCUT2D eigenvalue weighted by atomic mass is 10.0. The first-order valence-corrected chi connectivity index (χ1v) is 15.4. The van der Waals surface area contributed by atoms with E-state index in [4.69, 9.17) is 0 Å². The van der Waals surface area contributed by atoms with Gasteiger partial charge in [0.1, 0.15) is 19.6 Å². The van der Waals surface area contributed by atoms with Crippen LogP contribution in [0.5, 0.6) is 0 Å². The molecule has 0 aliphatic rings. The quantitative estimate of drug-likeness (QED) is 0.0805. The summed E-state index contributed by atoms with van der Waals surface area (Å²) < 4.78 is 1.09. The lowest BCUT2D eigenvalue weighted by Gasteiger charge is -2.39. The number of benzene rings is 3. The van der Waals surface area contributed by atoms with E-state index in [0.717, 1.165) is 24.1 Å². The van der Waals surface area contributed by atoms with Crippen LogP contribution in [0.3, 0.4) is 0 Å². The molecule has 0 aliphatic carbocycles. The van der Waals surface area contributed by atoms with E-state index < -0.39 is 0 Å². The van der Waals surface area contributed by atoms with E-state index in [2.05, 4.69) is 110 Å². The molecule has 0 spiro atoms. The normalized spacial score (nSPS) is 11.8. The van der Waals surface area contributed by atoms with Gasteiger partial charge in [-0.1, -0.05) is 149 Å². The number of nitrogens with zero attached hydrogens (tertiary/aromatic N) is 1. The maximum Gasteiger partial charge on any atom is 0.105 e. The lowest BCUT2D eigenvalue weighted by Crippen LogP contribution is -2.46. The van der Waals surface area contributed by atoms with Gasteiger partial charge in [0.05, 0.1) is 6.54 Å². The van der Waals surface area contributed by atoms with Crippen LogP contribution >= 0.6 is 0 Å².